The van der Waals surface area contributed by atoms with Gasteiger partial charge in [-0.15, -0.1) is 0 Å². The zero-order valence-corrected chi connectivity index (χ0v) is 12.5. The molecule has 0 saturated carbocycles. The summed E-state index contributed by atoms with van der Waals surface area (Å²) >= 11 is 1.29. The lowest BCUT2D eigenvalue weighted by Crippen LogP contribution is -1.93. The third kappa shape index (κ3) is 3.26. The molecule has 0 amide bonds. The second kappa shape index (κ2) is 6.46. The van der Waals surface area contributed by atoms with Gasteiger partial charge >= 0.3 is 0 Å². The third-order valence-corrected chi connectivity index (χ3v) is 3.93. The minimum absolute atomic E-state index is 0.864. The minimum atomic E-state index is 0.864. The maximum atomic E-state index is 5.45. The molecule has 0 atom stereocenters. The van der Waals surface area contributed by atoms with E-state index in [1.807, 2.05) is 61.5 Å². The van der Waals surface area contributed by atoms with E-state index in [0.29, 0.717) is 0 Å². The van der Waals surface area contributed by atoms with Gasteiger partial charge in [-0.2, -0.15) is 0 Å². The van der Waals surface area contributed by atoms with Crippen LogP contribution in [-0.2, 0) is 4.28 Å². The summed E-state index contributed by atoms with van der Waals surface area (Å²) in [6.07, 6.45) is 0. The fourth-order valence-electron chi connectivity index (χ4n) is 2.12. The van der Waals surface area contributed by atoms with Crippen molar-refractivity contribution in [2.45, 2.75) is 11.8 Å². The summed E-state index contributed by atoms with van der Waals surface area (Å²) in [6.45, 7) is 1.94. The molecule has 0 aliphatic rings. The van der Waals surface area contributed by atoms with Crippen molar-refractivity contribution < 1.29 is 4.28 Å². The largest absolute Gasteiger partial charge is 0.317 e. The van der Waals surface area contributed by atoms with Crippen molar-refractivity contribution >= 4 is 28.5 Å². The van der Waals surface area contributed by atoms with Gasteiger partial charge in [-0.05, 0) is 29.3 Å². The standard InChI is InChI=1S/C18H15NOS/c1-14(15-8-3-2-4-9-15)19-20-21-18-13-7-11-16-10-5-6-12-17(16)18/h2-13H,1H3/b19-14+. The number of hydrogen-bond acceptors (Lipinski definition) is 3. The van der Waals surface area contributed by atoms with Gasteiger partial charge in [0.2, 0.25) is 0 Å². The van der Waals surface area contributed by atoms with Crippen LogP contribution in [0.3, 0.4) is 0 Å². The first kappa shape index (κ1) is 13.7. The van der Waals surface area contributed by atoms with Gasteiger partial charge in [-0.25, -0.2) is 0 Å². The number of benzene rings is 3. The molecule has 0 fully saturated rings. The van der Waals surface area contributed by atoms with Gasteiger partial charge in [0.1, 0.15) is 12.0 Å². The Kier molecular flexibility index (Phi) is 4.22. The molecule has 2 nitrogen and oxygen atoms in total. The predicted octanol–water partition coefficient (Wildman–Crippen LogP) is 5.29. The molecule has 0 N–H and O–H groups in total. The van der Waals surface area contributed by atoms with Gasteiger partial charge in [0, 0.05) is 0 Å². The molecule has 3 heteroatoms. The molecule has 3 rings (SSSR count). The summed E-state index contributed by atoms with van der Waals surface area (Å²) in [4.78, 5) is 1.07. The normalized spacial score (nSPS) is 11.6. The smallest absolute Gasteiger partial charge is 0.125 e. The molecule has 0 aliphatic heterocycles. The molecule has 0 radical (unpaired) electrons. The minimum Gasteiger partial charge on any atom is -0.317 e. The van der Waals surface area contributed by atoms with Crippen LogP contribution >= 0.6 is 12.0 Å². The Morgan fingerprint density at radius 2 is 1.57 bits per heavy atom. The molecule has 3 aromatic rings. The van der Waals surface area contributed by atoms with Gasteiger partial charge in [0.25, 0.3) is 0 Å². The topological polar surface area (TPSA) is 21.6 Å². The van der Waals surface area contributed by atoms with E-state index in [2.05, 4.69) is 23.4 Å². The molecular weight excluding hydrogens is 278 g/mol. The van der Waals surface area contributed by atoms with Gasteiger partial charge in [-0.1, -0.05) is 71.9 Å². The number of oxime groups is 1. The van der Waals surface area contributed by atoms with E-state index in [9.17, 15) is 0 Å². The summed E-state index contributed by atoms with van der Waals surface area (Å²) in [5, 5.41) is 6.56. The van der Waals surface area contributed by atoms with Crippen molar-refractivity contribution in [3.8, 4) is 0 Å². The lowest BCUT2D eigenvalue weighted by atomic mass is 10.1. The quantitative estimate of drug-likeness (QED) is 0.370. The van der Waals surface area contributed by atoms with E-state index in [1.165, 1.54) is 22.8 Å². The molecule has 0 spiro atoms. The summed E-state index contributed by atoms with van der Waals surface area (Å²) in [5.74, 6) is 0. The summed E-state index contributed by atoms with van der Waals surface area (Å²) in [6, 6.07) is 24.4. The fourth-order valence-corrected chi connectivity index (χ4v) is 2.75. The Bertz CT molecular complexity index is 763. The van der Waals surface area contributed by atoms with Crippen molar-refractivity contribution in [1.29, 1.82) is 0 Å². The van der Waals surface area contributed by atoms with Gasteiger partial charge in [-0.3, -0.25) is 0 Å². The average molecular weight is 293 g/mol. The van der Waals surface area contributed by atoms with Gasteiger partial charge in [0.05, 0.1) is 10.6 Å². The maximum Gasteiger partial charge on any atom is 0.125 e. The number of rotatable bonds is 4. The second-order valence-corrected chi connectivity index (χ2v) is 5.43. The SMILES string of the molecule is C/C(=N\OSc1cccc2ccccc12)c1ccccc1. The van der Waals surface area contributed by atoms with Crippen molar-refractivity contribution in [2.24, 2.45) is 5.16 Å². The highest BCUT2D eigenvalue weighted by atomic mass is 32.2. The highest BCUT2D eigenvalue weighted by Gasteiger charge is 2.02. The number of nitrogens with zero attached hydrogens (tertiary/aromatic N) is 1. The van der Waals surface area contributed by atoms with Crippen LogP contribution in [0.4, 0.5) is 0 Å². The Morgan fingerprint density at radius 3 is 2.43 bits per heavy atom. The highest BCUT2D eigenvalue weighted by molar-refractivity contribution is 7.94. The zero-order valence-electron chi connectivity index (χ0n) is 11.7. The number of fused-ring (bicyclic) bond motifs is 1. The molecule has 21 heavy (non-hydrogen) atoms. The van der Waals surface area contributed by atoms with Crippen LogP contribution in [0, 0.1) is 0 Å². The first-order valence-electron chi connectivity index (χ1n) is 6.76. The zero-order chi connectivity index (χ0) is 14.5. The summed E-state index contributed by atoms with van der Waals surface area (Å²) in [5.41, 5.74) is 1.93. The Hall–Kier alpha value is -2.26. The highest BCUT2D eigenvalue weighted by Crippen LogP contribution is 2.28. The predicted molar refractivity (Wildman–Crippen MR) is 89.5 cm³/mol. The monoisotopic (exact) mass is 293 g/mol. The van der Waals surface area contributed by atoms with E-state index in [1.54, 1.807) is 0 Å². The molecule has 0 unspecified atom stereocenters. The van der Waals surface area contributed by atoms with E-state index < -0.39 is 0 Å². The van der Waals surface area contributed by atoms with Crippen molar-refractivity contribution in [3.05, 3.63) is 78.4 Å². The van der Waals surface area contributed by atoms with Crippen LogP contribution in [0.15, 0.2) is 82.8 Å². The van der Waals surface area contributed by atoms with Crippen LogP contribution in [0.2, 0.25) is 0 Å². The van der Waals surface area contributed by atoms with E-state index in [0.717, 1.165) is 16.2 Å². The van der Waals surface area contributed by atoms with E-state index in [-0.39, 0.29) is 0 Å². The summed E-state index contributed by atoms with van der Waals surface area (Å²) < 4.78 is 5.45. The first-order chi connectivity index (χ1) is 10.3. The Labute approximate surface area is 128 Å². The summed E-state index contributed by atoms with van der Waals surface area (Å²) in [7, 11) is 0. The van der Waals surface area contributed by atoms with Gasteiger partial charge in [0.15, 0.2) is 0 Å². The van der Waals surface area contributed by atoms with Gasteiger partial charge < -0.3 is 4.28 Å². The molecule has 104 valence electrons. The molecule has 0 bridgehead atoms. The Morgan fingerprint density at radius 1 is 0.857 bits per heavy atom. The van der Waals surface area contributed by atoms with Crippen molar-refractivity contribution in [3.63, 3.8) is 0 Å². The lowest BCUT2D eigenvalue weighted by Gasteiger charge is -2.04. The average Bonchev–Trinajstić information content (AvgIpc) is 2.56. The van der Waals surface area contributed by atoms with Crippen LogP contribution in [0.25, 0.3) is 10.8 Å². The third-order valence-electron chi connectivity index (χ3n) is 3.24. The van der Waals surface area contributed by atoms with Crippen molar-refractivity contribution in [1.82, 2.24) is 0 Å². The number of hydrogen-bond donors (Lipinski definition) is 0. The molecule has 0 saturated heterocycles. The molecule has 0 aromatic heterocycles. The molecule has 0 heterocycles. The van der Waals surface area contributed by atoms with Crippen molar-refractivity contribution in [2.75, 3.05) is 0 Å². The molecule has 3 aromatic carbocycles. The molecule has 0 aliphatic carbocycles. The van der Waals surface area contributed by atoms with Crippen LogP contribution < -0.4 is 0 Å². The van der Waals surface area contributed by atoms with Crippen LogP contribution in [-0.4, -0.2) is 5.71 Å². The first-order valence-corrected chi connectivity index (χ1v) is 7.50. The molecular formula is C18H15NOS. The fraction of sp³-hybridized carbons (Fsp3) is 0.0556. The maximum absolute atomic E-state index is 5.45. The van der Waals surface area contributed by atoms with Crippen LogP contribution in [0.5, 0.6) is 0 Å². The Balaban J connectivity index is 1.75. The lowest BCUT2D eigenvalue weighted by molar-refractivity contribution is 0.405. The van der Waals surface area contributed by atoms with E-state index >= 15 is 0 Å². The van der Waals surface area contributed by atoms with E-state index in [4.69, 9.17) is 4.28 Å². The van der Waals surface area contributed by atoms with Crippen LogP contribution in [0.1, 0.15) is 12.5 Å². The second-order valence-electron chi connectivity index (χ2n) is 4.68.